The van der Waals surface area contributed by atoms with E-state index in [0.29, 0.717) is 27.1 Å². The lowest BCUT2D eigenvalue weighted by Crippen LogP contribution is -2.44. The molecular formula is C25H27ClF3N5O. The maximum Gasteiger partial charge on any atom is 0.451 e. The molecule has 1 aliphatic rings. The maximum absolute atomic E-state index is 13.2. The molecule has 1 fully saturated rings. The molecule has 1 aromatic carbocycles. The Kier molecular flexibility index (Phi) is 7.02. The molecule has 0 spiro atoms. The zero-order valence-electron chi connectivity index (χ0n) is 19.8. The molecule has 6 nitrogen and oxygen atoms in total. The van der Waals surface area contributed by atoms with Gasteiger partial charge in [-0.3, -0.25) is 14.7 Å². The van der Waals surface area contributed by atoms with Crippen molar-refractivity contribution < 1.29 is 18.0 Å². The van der Waals surface area contributed by atoms with Gasteiger partial charge in [0.05, 0.1) is 22.1 Å². The number of likely N-dealkylation sites (tertiary alicyclic amines) is 1. The summed E-state index contributed by atoms with van der Waals surface area (Å²) >= 11 is 6.38. The van der Waals surface area contributed by atoms with Crippen molar-refractivity contribution in [3.8, 4) is 0 Å². The lowest BCUT2D eigenvalue weighted by Gasteiger charge is -2.41. The van der Waals surface area contributed by atoms with Crippen molar-refractivity contribution in [2.75, 3.05) is 19.6 Å². The number of nitrogens with one attached hydrogen (secondary N) is 1. The van der Waals surface area contributed by atoms with E-state index >= 15 is 0 Å². The number of hydrogen-bond acceptors (Lipinski definition) is 5. The molecule has 2 aromatic heterocycles. The molecule has 1 N–H and O–H groups in total. The zero-order valence-corrected chi connectivity index (χ0v) is 20.5. The summed E-state index contributed by atoms with van der Waals surface area (Å²) in [5.41, 5.74) is 2.49. The minimum atomic E-state index is -4.62. The molecule has 186 valence electrons. The number of nitrogens with zero attached hydrogens (tertiary/aromatic N) is 4. The van der Waals surface area contributed by atoms with E-state index < -0.39 is 12.0 Å². The Bertz CT molecular complexity index is 1220. The quantitative estimate of drug-likeness (QED) is 0.489. The second kappa shape index (κ2) is 9.70. The van der Waals surface area contributed by atoms with Crippen molar-refractivity contribution in [2.24, 2.45) is 5.41 Å². The minimum absolute atomic E-state index is 0.167. The molecule has 0 saturated carbocycles. The Balaban J connectivity index is 1.60. The van der Waals surface area contributed by atoms with Gasteiger partial charge in [-0.15, -0.1) is 0 Å². The van der Waals surface area contributed by atoms with Gasteiger partial charge in [-0.25, -0.2) is 9.97 Å². The molecule has 1 atom stereocenters. The van der Waals surface area contributed by atoms with Crippen LogP contribution in [0.1, 0.15) is 60.2 Å². The van der Waals surface area contributed by atoms with Gasteiger partial charge in [-0.05, 0) is 56.5 Å². The number of alkyl halides is 3. The van der Waals surface area contributed by atoms with Crippen LogP contribution in [-0.2, 0) is 6.18 Å². The maximum atomic E-state index is 13.2. The number of fused-ring (bicyclic) bond motifs is 1. The molecule has 4 rings (SSSR count). The Hall–Kier alpha value is -2.78. The third-order valence-electron chi connectivity index (χ3n) is 6.55. The highest BCUT2D eigenvalue weighted by atomic mass is 35.5. The van der Waals surface area contributed by atoms with Crippen LogP contribution in [0.5, 0.6) is 0 Å². The van der Waals surface area contributed by atoms with Crippen LogP contribution in [0, 0.1) is 12.3 Å². The first-order valence-electron chi connectivity index (χ1n) is 11.4. The van der Waals surface area contributed by atoms with Crippen LogP contribution in [-0.4, -0.2) is 45.4 Å². The number of carbonyl (C=O) groups excluding carboxylic acids is 1. The molecule has 0 radical (unpaired) electrons. The van der Waals surface area contributed by atoms with Crippen LogP contribution in [0.2, 0.25) is 5.02 Å². The number of aryl methyl sites for hydroxylation is 1. The van der Waals surface area contributed by atoms with E-state index in [9.17, 15) is 18.0 Å². The van der Waals surface area contributed by atoms with Gasteiger partial charge in [0.15, 0.2) is 0 Å². The standard InChI is InChI=1S/C25H27ClF3N5O/c1-15-4-5-17-19(33-15)7-6-18(26)21(17)22(35)30-14-20(34-10-8-24(2,3)9-11-34)16-12-31-23(32-13-16)25(27,28)29/h4-7,12-13,20H,8-11,14H2,1-3H3,(H,30,35). The number of pyridine rings is 1. The first-order chi connectivity index (χ1) is 16.4. The molecule has 1 saturated heterocycles. The van der Waals surface area contributed by atoms with Crippen molar-refractivity contribution in [2.45, 2.75) is 45.8 Å². The lowest BCUT2D eigenvalue weighted by molar-refractivity contribution is -0.145. The van der Waals surface area contributed by atoms with Gasteiger partial charge in [0.2, 0.25) is 5.82 Å². The molecular weight excluding hydrogens is 479 g/mol. The smallest absolute Gasteiger partial charge is 0.350 e. The highest BCUT2D eigenvalue weighted by Gasteiger charge is 2.35. The second-order valence-corrected chi connectivity index (χ2v) is 10.1. The van der Waals surface area contributed by atoms with Gasteiger partial charge < -0.3 is 5.32 Å². The van der Waals surface area contributed by atoms with Gasteiger partial charge in [-0.2, -0.15) is 13.2 Å². The highest BCUT2D eigenvalue weighted by molar-refractivity contribution is 6.35. The Morgan fingerprint density at radius 2 is 1.80 bits per heavy atom. The zero-order chi connectivity index (χ0) is 25.4. The molecule has 0 bridgehead atoms. The molecule has 1 unspecified atom stereocenters. The van der Waals surface area contributed by atoms with Crippen molar-refractivity contribution in [1.29, 1.82) is 0 Å². The number of amides is 1. The Labute approximate surface area is 206 Å². The van der Waals surface area contributed by atoms with Crippen LogP contribution in [0.3, 0.4) is 0 Å². The fraction of sp³-hybridized carbons (Fsp3) is 0.440. The number of carbonyl (C=O) groups is 1. The van der Waals surface area contributed by atoms with E-state index in [0.717, 1.165) is 31.6 Å². The summed E-state index contributed by atoms with van der Waals surface area (Å²) in [6.45, 7) is 7.91. The second-order valence-electron chi connectivity index (χ2n) is 9.71. The topological polar surface area (TPSA) is 71.0 Å². The number of piperidine rings is 1. The fourth-order valence-corrected chi connectivity index (χ4v) is 4.59. The Morgan fingerprint density at radius 1 is 1.14 bits per heavy atom. The third-order valence-corrected chi connectivity index (χ3v) is 6.86. The van der Waals surface area contributed by atoms with Gasteiger partial charge in [0.25, 0.3) is 5.91 Å². The summed E-state index contributed by atoms with van der Waals surface area (Å²) in [5, 5.41) is 3.87. The molecule has 10 heteroatoms. The van der Waals surface area contributed by atoms with Crippen LogP contribution < -0.4 is 5.32 Å². The Morgan fingerprint density at radius 3 is 2.43 bits per heavy atom. The van der Waals surface area contributed by atoms with Crippen LogP contribution in [0.25, 0.3) is 10.9 Å². The fourth-order valence-electron chi connectivity index (χ4n) is 4.34. The van der Waals surface area contributed by atoms with E-state index in [1.807, 2.05) is 19.1 Å². The predicted octanol–water partition coefficient (Wildman–Crippen LogP) is 5.60. The summed E-state index contributed by atoms with van der Waals surface area (Å²) in [4.78, 5) is 26.9. The van der Waals surface area contributed by atoms with Crippen molar-refractivity contribution >= 4 is 28.4 Å². The molecule has 35 heavy (non-hydrogen) atoms. The van der Waals surface area contributed by atoms with Gasteiger partial charge in [-0.1, -0.05) is 31.5 Å². The summed E-state index contributed by atoms with van der Waals surface area (Å²) in [6.07, 6.45) is -0.360. The predicted molar refractivity (Wildman–Crippen MR) is 128 cm³/mol. The van der Waals surface area contributed by atoms with E-state index in [2.05, 4.69) is 39.0 Å². The monoisotopic (exact) mass is 505 g/mol. The number of benzene rings is 1. The highest BCUT2D eigenvalue weighted by Crippen LogP contribution is 2.34. The first kappa shape index (κ1) is 25.3. The molecule has 1 amide bonds. The first-order valence-corrected chi connectivity index (χ1v) is 11.8. The van der Waals surface area contributed by atoms with Gasteiger partial charge >= 0.3 is 6.18 Å². The summed E-state index contributed by atoms with van der Waals surface area (Å²) in [5.74, 6) is -1.56. The number of hydrogen-bond donors (Lipinski definition) is 1. The summed E-state index contributed by atoms with van der Waals surface area (Å²) < 4.78 is 38.9. The minimum Gasteiger partial charge on any atom is -0.350 e. The molecule has 0 aliphatic carbocycles. The summed E-state index contributed by atoms with van der Waals surface area (Å²) in [7, 11) is 0. The average Bonchev–Trinajstić information content (AvgIpc) is 2.79. The van der Waals surface area contributed by atoms with Crippen molar-refractivity contribution in [3.05, 3.63) is 64.3 Å². The molecule has 1 aliphatic heterocycles. The van der Waals surface area contributed by atoms with E-state index in [4.69, 9.17) is 11.6 Å². The van der Waals surface area contributed by atoms with Crippen molar-refractivity contribution in [1.82, 2.24) is 25.2 Å². The number of aromatic nitrogens is 3. The SMILES string of the molecule is Cc1ccc2c(C(=O)NCC(c3cnc(C(F)(F)F)nc3)N3CCC(C)(C)CC3)c(Cl)ccc2n1. The van der Waals surface area contributed by atoms with Crippen LogP contribution >= 0.6 is 11.6 Å². The lowest BCUT2D eigenvalue weighted by atomic mass is 9.82. The third kappa shape index (κ3) is 5.73. The van der Waals surface area contributed by atoms with Crippen LogP contribution in [0.4, 0.5) is 13.2 Å². The van der Waals surface area contributed by atoms with E-state index in [-0.39, 0.29) is 23.9 Å². The normalized spacial score (nSPS) is 17.3. The van der Waals surface area contributed by atoms with Crippen molar-refractivity contribution in [3.63, 3.8) is 0 Å². The van der Waals surface area contributed by atoms with E-state index in [1.54, 1.807) is 12.1 Å². The van der Waals surface area contributed by atoms with Gasteiger partial charge in [0, 0.05) is 35.6 Å². The molecule has 3 heterocycles. The number of halogens is 4. The van der Waals surface area contributed by atoms with Gasteiger partial charge in [0.1, 0.15) is 0 Å². The van der Waals surface area contributed by atoms with E-state index in [1.165, 1.54) is 12.4 Å². The largest absolute Gasteiger partial charge is 0.451 e. The molecule has 3 aromatic rings. The summed E-state index contributed by atoms with van der Waals surface area (Å²) in [6, 6.07) is 6.64. The van der Waals surface area contributed by atoms with Crippen LogP contribution in [0.15, 0.2) is 36.7 Å². The number of rotatable bonds is 5. The average molecular weight is 506 g/mol.